The predicted octanol–water partition coefficient (Wildman–Crippen LogP) is 2.92. The van der Waals surface area contributed by atoms with E-state index in [4.69, 9.17) is 15.7 Å². The van der Waals surface area contributed by atoms with Crippen LogP contribution in [0.5, 0.6) is 5.75 Å². The third kappa shape index (κ3) is 2.80. The molecule has 0 spiro atoms. The van der Waals surface area contributed by atoms with Gasteiger partial charge in [-0.15, -0.1) is 0 Å². The summed E-state index contributed by atoms with van der Waals surface area (Å²) in [5.74, 6) is 0.161. The van der Waals surface area contributed by atoms with E-state index in [1.54, 1.807) is 19.1 Å². The third-order valence-electron chi connectivity index (χ3n) is 3.42. The van der Waals surface area contributed by atoms with Crippen molar-refractivity contribution < 1.29 is 9.13 Å². The minimum atomic E-state index is -0.340. The first-order valence-corrected chi connectivity index (χ1v) is 6.11. The molecule has 1 aromatic carbocycles. The van der Waals surface area contributed by atoms with Crippen LogP contribution in [0.3, 0.4) is 0 Å². The van der Waals surface area contributed by atoms with Crippen LogP contribution < -0.4 is 10.5 Å². The Morgan fingerprint density at radius 1 is 1.56 bits per heavy atom. The van der Waals surface area contributed by atoms with Crippen LogP contribution in [-0.2, 0) is 0 Å². The Labute approximate surface area is 106 Å². The highest BCUT2D eigenvalue weighted by Gasteiger charge is 2.43. The summed E-state index contributed by atoms with van der Waals surface area (Å²) >= 11 is 0. The average molecular weight is 248 g/mol. The first-order chi connectivity index (χ1) is 8.56. The van der Waals surface area contributed by atoms with Crippen molar-refractivity contribution in [3.63, 3.8) is 0 Å². The highest BCUT2D eigenvalue weighted by Crippen LogP contribution is 2.48. The second-order valence-corrected chi connectivity index (χ2v) is 5.10. The summed E-state index contributed by atoms with van der Waals surface area (Å²) in [6, 6.07) is 6.59. The molecule has 0 bridgehead atoms. The molecule has 0 radical (unpaired) electrons. The van der Waals surface area contributed by atoms with Gasteiger partial charge in [0.25, 0.3) is 0 Å². The lowest BCUT2D eigenvalue weighted by molar-refractivity contribution is 0.236. The Morgan fingerprint density at radius 2 is 2.28 bits per heavy atom. The van der Waals surface area contributed by atoms with Crippen LogP contribution in [0.15, 0.2) is 18.2 Å². The second kappa shape index (κ2) is 4.95. The summed E-state index contributed by atoms with van der Waals surface area (Å²) in [5, 5.41) is 8.70. The van der Waals surface area contributed by atoms with Crippen molar-refractivity contribution in [1.29, 1.82) is 5.26 Å². The number of hydrogen-bond donors (Lipinski definition) is 1. The lowest BCUT2D eigenvalue weighted by atomic mass is 10.1. The molecule has 0 aromatic heterocycles. The molecule has 1 fully saturated rings. The van der Waals surface area contributed by atoms with Gasteiger partial charge in [0, 0.05) is 29.5 Å². The van der Waals surface area contributed by atoms with Gasteiger partial charge in [-0.25, -0.2) is 4.39 Å². The molecule has 0 amide bonds. The Morgan fingerprint density at radius 3 is 2.78 bits per heavy atom. The van der Waals surface area contributed by atoms with Gasteiger partial charge in [0.2, 0.25) is 0 Å². The van der Waals surface area contributed by atoms with Gasteiger partial charge in [0.05, 0.1) is 12.7 Å². The fourth-order valence-electron chi connectivity index (χ4n) is 1.92. The molecule has 1 aromatic rings. The lowest BCUT2D eigenvalue weighted by Gasteiger charge is -2.14. The molecule has 4 heteroatoms. The molecule has 0 saturated heterocycles. The summed E-state index contributed by atoms with van der Waals surface area (Å²) in [5.41, 5.74) is 6.13. The Balaban J connectivity index is 1.99. The third-order valence-corrected chi connectivity index (χ3v) is 3.42. The quantitative estimate of drug-likeness (QED) is 0.871. The lowest BCUT2D eigenvalue weighted by Crippen LogP contribution is -2.13. The van der Waals surface area contributed by atoms with Crippen molar-refractivity contribution in [1.82, 2.24) is 0 Å². The maximum atomic E-state index is 13.7. The molecule has 1 atom stereocenters. The number of benzene rings is 1. The van der Waals surface area contributed by atoms with Crippen LogP contribution >= 0.6 is 0 Å². The zero-order valence-corrected chi connectivity index (χ0v) is 10.4. The highest BCUT2D eigenvalue weighted by atomic mass is 19.1. The van der Waals surface area contributed by atoms with Gasteiger partial charge < -0.3 is 10.5 Å². The van der Waals surface area contributed by atoms with Crippen LogP contribution in [0.25, 0.3) is 0 Å². The van der Waals surface area contributed by atoms with E-state index in [-0.39, 0.29) is 17.3 Å². The molecule has 96 valence electrons. The van der Waals surface area contributed by atoms with Gasteiger partial charge in [0.1, 0.15) is 11.6 Å². The van der Waals surface area contributed by atoms with Gasteiger partial charge in [-0.2, -0.15) is 5.26 Å². The van der Waals surface area contributed by atoms with Crippen LogP contribution in [0.4, 0.5) is 4.39 Å². The summed E-state index contributed by atoms with van der Waals surface area (Å²) in [4.78, 5) is 0. The van der Waals surface area contributed by atoms with Crippen molar-refractivity contribution in [3.8, 4) is 11.8 Å². The molecule has 0 heterocycles. The summed E-state index contributed by atoms with van der Waals surface area (Å²) in [6.45, 7) is 2.22. The van der Waals surface area contributed by atoms with Gasteiger partial charge in [0.15, 0.2) is 0 Å². The highest BCUT2D eigenvalue weighted by molar-refractivity contribution is 5.30. The van der Waals surface area contributed by atoms with Crippen LogP contribution in [0, 0.1) is 22.6 Å². The zero-order chi connectivity index (χ0) is 13.2. The second-order valence-electron chi connectivity index (χ2n) is 5.10. The number of ether oxygens (including phenoxy) is 1. The molecule has 2 rings (SSSR count). The van der Waals surface area contributed by atoms with Crippen LogP contribution in [0.2, 0.25) is 0 Å². The van der Waals surface area contributed by atoms with E-state index in [1.807, 2.05) is 0 Å². The molecule has 1 aliphatic rings. The van der Waals surface area contributed by atoms with Crippen LogP contribution in [0.1, 0.15) is 37.8 Å². The van der Waals surface area contributed by atoms with Crippen molar-refractivity contribution in [2.75, 3.05) is 6.61 Å². The summed E-state index contributed by atoms with van der Waals surface area (Å²) in [7, 11) is 0. The van der Waals surface area contributed by atoms with Gasteiger partial charge >= 0.3 is 0 Å². The summed E-state index contributed by atoms with van der Waals surface area (Å²) < 4.78 is 19.2. The smallest absolute Gasteiger partial charge is 0.131 e. The van der Waals surface area contributed by atoms with Crippen molar-refractivity contribution in [2.45, 2.75) is 32.2 Å². The van der Waals surface area contributed by atoms with E-state index in [2.05, 4.69) is 6.07 Å². The van der Waals surface area contributed by atoms with E-state index >= 15 is 0 Å². The largest absolute Gasteiger partial charge is 0.493 e. The number of rotatable bonds is 5. The molecule has 0 aliphatic heterocycles. The van der Waals surface area contributed by atoms with Gasteiger partial charge in [-0.3, -0.25) is 0 Å². The number of nitriles is 1. The fraction of sp³-hybridized carbons (Fsp3) is 0.500. The molecule has 1 saturated carbocycles. The van der Waals surface area contributed by atoms with Gasteiger partial charge in [-0.05, 0) is 25.8 Å². The Hall–Kier alpha value is -1.60. The minimum Gasteiger partial charge on any atom is -0.493 e. The van der Waals surface area contributed by atoms with E-state index in [9.17, 15) is 4.39 Å². The number of hydrogen-bond acceptors (Lipinski definition) is 3. The Kier molecular flexibility index (Phi) is 3.53. The van der Waals surface area contributed by atoms with Crippen LogP contribution in [-0.4, -0.2) is 6.61 Å². The zero-order valence-electron chi connectivity index (χ0n) is 10.4. The Bertz CT molecular complexity index is 475. The predicted molar refractivity (Wildman–Crippen MR) is 66.4 cm³/mol. The molecule has 0 unspecified atom stereocenters. The fourth-order valence-corrected chi connectivity index (χ4v) is 1.92. The first-order valence-electron chi connectivity index (χ1n) is 6.11. The SMILES string of the molecule is C[C@@H](N)c1ccc(OCC2(CC#N)CC2)cc1F. The molecular weight excluding hydrogens is 231 g/mol. The normalized spacial score (nSPS) is 17.9. The minimum absolute atomic E-state index is 0.00502. The monoisotopic (exact) mass is 248 g/mol. The maximum Gasteiger partial charge on any atom is 0.131 e. The standard InChI is InChI=1S/C14H17FN2O/c1-10(17)12-3-2-11(8-13(12)15)18-9-14(4-5-14)6-7-16/h2-3,8,10H,4-6,9,17H2,1H3/t10-/m1/s1. The van der Waals surface area contributed by atoms with E-state index < -0.39 is 0 Å². The molecule has 1 aliphatic carbocycles. The molecular formula is C14H17FN2O. The first kappa shape index (κ1) is 12.8. The molecule has 3 nitrogen and oxygen atoms in total. The van der Waals surface area contributed by atoms with E-state index in [0.717, 1.165) is 12.8 Å². The number of nitrogens with two attached hydrogens (primary N) is 1. The molecule has 18 heavy (non-hydrogen) atoms. The number of nitrogens with zero attached hydrogens (tertiary/aromatic N) is 1. The van der Waals surface area contributed by atoms with E-state index in [0.29, 0.717) is 24.3 Å². The van der Waals surface area contributed by atoms with Crippen molar-refractivity contribution in [3.05, 3.63) is 29.6 Å². The maximum absolute atomic E-state index is 13.7. The average Bonchev–Trinajstić information content (AvgIpc) is 3.07. The summed E-state index contributed by atoms with van der Waals surface area (Å²) in [6.07, 6.45) is 2.54. The molecule has 2 N–H and O–H groups in total. The topological polar surface area (TPSA) is 59.0 Å². The number of halogens is 1. The van der Waals surface area contributed by atoms with Gasteiger partial charge in [-0.1, -0.05) is 6.07 Å². The van der Waals surface area contributed by atoms with E-state index in [1.165, 1.54) is 6.07 Å². The van der Waals surface area contributed by atoms with Crippen molar-refractivity contribution >= 4 is 0 Å². The van der Waals surface area contributed by atoms with Crippen molar-refractivity contribution in [2.24, 2.45) is 11.1 Å².